The van der Waals surface area contributed by atoms with Gasteiger partial charge in [-0.25, -0.2) is 4.39 Å². The molecule has 0 spiro atoms. The summed E-state index contributed by atoms with van der Waals surface area (Å²) in [7, 11) is 0. The molecule has 8 heteroatoms. The van der Waals surface area contributed by atoms with E-state index in [1.165, 1.54) is 6.07 Å². The number of amides is 1. The van der Waals surface area contributed by atoms with E-state index in [0.29, 0.717) is 37.7 Å². The fourth-order valence-electron chi connectivity index (χ4n) is 3.90. The first-order chi connectivity index (χ1) is 14.1. The Morgan fingerprint density at radius 3 is 2.62 bits per heavy atom. The van der Waals surface area contributed by atoms with Crippen molar-refractivity contribution in [3.63, 3.8) is 0 Å². The molecule has 2 aliphatic rings. The van der Waals surface area contributed by atoms with Gasteiger partial charge >= 0.3 is 0 Å². The minimum atomic E-state index is -0.310. The van der Waals surface area contributed by atoms with Crippen LogP contribution in [0.4, 0.5) is 10.2 Å². The Hall–Kier alpha value is -3.03. The van der Waals surface area contributed by atoms with Gasteiger partial charge in [0.2, 0.25) is 5.91 Å². The number of rotatable bonds is 4. The highest BCUT2D eigenvalue weighted by atomic mass is 19.1. The SMILES string of the molecule is Cc1cccc(F)c1CC(=O)N1CCN(c2ccc3nnc(C4CC4)n3n2)CC1. The number of carbonyl (C=O) groups excluding carboxylic acids is 1. The number of fused-ring (bicyclic) bond motifs is 1. The number of halogens is 1. The number of hydrogen-bond donors (Lipinski definition) is 0. The van der Waals surface area contributed by atoms with Crippen molar-refractivity contribution in [3.05, 3.63) is 53.1 Å². The predicted molar refractivity (Wildman–Crippen MR) is 106 cm³/mol. The highest BCUT2D eigenvalue weighted by Gasteiger charge is 2.30. The molecule has 0 unspecified atom stereocenters. The Labute approximate surface area is 168 Å². The summed E-state index contributed by atoms with van der Waals surface area (Å²) in [5.74, 6) is 1.95. The van der Waals surface area contributed by atoms with E-state index in [0.717, 1.165) is 35.7 Å². The third kappa shape index (κ3) is 3.43. The van der Waals surface area contributed by atoms with Crippen molar-refractivity contribution >= 4 is 17.4 Å². The van der Waals surface area contributed by atoms with Crippen molar-refractivity contribution in [1.29, 1.82) is 0 Å². The van der Waals surface area contributed by atoms with Gasteiger partial charge in [0.25, 0.3) is 0 Å². The fraction of sp³-hybridized carbons (Fsp3) is 0.429. The van der Waals surface area contributed by atoms with Crippen LogP contribution >= 0.6 is 0 Å². The predicted octanol–water partition coefficient (Wildman–Crippen LogP) is 2.34. The molecule has 1 amide bonds. The maximum Gasteiger partial charge on any atom is 0.227 e. The molecular formula is C21H23FN6O. The number of aromatic nitrogens is 4. The van der Waals surface area contributed by atoms with E-state index in [-0.39, 0.29) is 18.1 Å². The van der Waals surface area contributed by atoms with E-state index < -0.39 is 0 Å². The van der Waals surface area contributed by atoms with Crippen molar-refractivity contribution in [2.45, 2.75) is 32.1 Å². The van der Waals surface area contributed by atoms with Crippen LogP contribution in [0.15, 0.2) is 30.3 Å². The molecule has 3 heterocycles. The summed E-state index contributed by atoms with van der Waals surface area (Å²) in [6.45, 7) is 4.43. The molecule has 1 saturated carbocycles. The molecular weight excluding hydrogens is 371 g/mol. The van der Waals surface area contributed by atoms with Crippen LogP contribution in [0.3, 0.4) is 0 Å². The Bertz CT molecular complexity index is 1050. The summed E-state index contributed by atoms with van der Waals surface area (Å²) in [4.78, 5) is 16.7. The number of anilines is 1. The number of piperazine rings is 1. The van der Waals surface area contributed by atoms with E-state index in [2.05, 4.69) is 15.1 Å². The third-order valence-electron chi connectivity index (χ3n) is 5.85. The van der Waals surface area contributed by atoms with Gasteiger partial charge in [0.1, 0.15) is 11.6 Å². The topological polar surface area (TPSA) is 66.6 Å². The molecule has 0 radical (unpaired) electrons. The van der Waals surface area contributed by atoms with Gasteiger partial charge in [-0.15, -0.1) is 15.3 Å². The lowest BCUT2D eigenvalue weighted by Gasteiger charge is -2.35. The fourth-order valence-corrected chi connectivity index (χ4v) is 3.90. The van der Waals surface area contributed by atoms with Gasteiger partial charge in [-0.2, -0.15) is 4.52 Å². The molecule has 1 aliphatic carbocycles. The molecule has 0 N–H and O–H groups in total. The summed E-state index contributed by atoms with van der Waals surface area (Å²) in [6, 6.07) is 8.83. The summed E-state index contributed by atoms with van der Waals surface area (Å²) in [5.41, 5.74) is 2.08. The highest BCUT2D eigenvalue weighted by Crippen LogP contribution is 2.38. The molecule has 0 bridgehead atoms. The van der Waals surface area contributed by atoms with Crippen LogP contribution in [0.5, 0.6) is 0 Å². The molecule has 5 rings (SSSR count). The first-order valence-corrected chi connectivity index (χ1v) is 10.1. The third-order valence-corrected chi connectivity index (χ3v) is 5.85. The lowest BCUT2D eigenvalue weighted by Crippen LogP contribution is -2.49. The first-order valence-electron chi connectivity index (χ1n) is 10.1. The number of benzene rings is 1. The van der Waals surface area contributed by atoms with Crippen LogP contribution in [0.1, 0.15) is 35.7 Å². The van der Waals surface area contributed by atoms with Crippen LogP contribution in [-0.4, -0.2) is 56.8 Å². The molecule has 0 atom stereocenters. The maximum absolute atomic E-state index is 14.1. The average molecular weight is 394 g/mol. The Morgan fingerprint density at radius 1 is 1.10 bits per heavy atom. The highest BCUT2D eigenvalue weighted by molar-refractivity contribution is 5.79. The summed E-state index contributed by atoms with van der Waals surface area (Å²) in [5, 5.41) is 13.2. The normalized spacial score (nSPS) is 17.2. The number of nitrogens with zero attached hydrogens (tertiary/aromatic N) is 6. The Balaban J connectivity index is 1.26. The minimum absolute atomic E-state index is 0.0314. The Morgan fingerprint density at radius 2 is 1.90 bits per heavy atom. The van der Waals surface area contributed by atoms with Crippen molar-refractivity contribution in [2.24, 2.45) is 0 Å². The summed E-state index contributed by atoms with van der Waals surface area (Å²) in [6.07, 6.45) is 2.40. The van der Waals surface area contributed by atoms with Gasteiger partial charge in [0.15, 0.2) is 11.5 Å². The van der Waals surface area contributed by atoms with E-state index in [9.17, 15) is 9.18 Å². The van der Waals surface area contributed by atoms with Crippen molar-refractivity contribution in [2.75, 3.05) is 31.1 Å². The zero-order valence-corrected chi connectivity index (χ0v) is 16.4. The van der Waals surface area contributed by atoms with E-state index in [4.69, 9.17) is 5.10 Å². The van der Waals surface area contributed by atoms with Crippen molar-refractivity contribution in [3.8, 4) is 0 Å². The van der Waals surface area contributed by atoms with E-state index >= 15 is 0 Å². The zero-order valence-electron chi connectivity index (χ0n) is 16.4. The molecule has 7 nitrogen and oxygen atoms in total. The van der Waals surface area contributed by atoms with Crippen LogP contribution in [-0.2, 0) is 11.2 Å². The molecule has 1 saturated heterocycles. The van der Waals surface area contributed by atoms with Crippen LogP contribution in [0, 0.1) is 12.7 Å². The van der Waals surface area contributed by atoms with Gasteiger partial charge in [-0.3, -0.25) is 4.79 Å². The quantitative estimate of drug-likeness (QED) is 0.680. The monoisotopic (exact) mass is 394 g/mol. The van der Waals surface area contributed by atoms with E-state index in [1.807, 2.05) is 34.5 Å². The Kier molecular flexibility index (Phi) is 4.41. The smallest absolute Gasteiger partial charge is 0.227 e. The van der Waals surface area contributed by atoms with Crippen molar-refractivity contribution in [1.82, 2.24) is 24.7 Å². The second-order valence-corrected chi connectivity index (χ2v) is 7.87. The van der Waals surface area contributed by atoms with Crippen LogP contribution in [0.2, 0.25) is 0 Å². The zero-order chi connectivity index (χ0) is 20.0. The van der Waals surface area contributed by atoms with Gasteiger partial charge in [-0.05, 0) is 43.5 Å². The van der Waals surface area contributed by atoms with Gasteiger partial charge < -0.3 is 9.80 Å². The molecule has 1 aromatic carbocycles. The average Bonchev–Trinajstić information content (AvgIpc) is 3.49. The van der Waals surface area contributed by atoms with Gasteiger partial charge in [0.05, 0.1) is 6.42 Å². The second kappa shape index (κ2) is 7.09. The number of carbonyl (C=O) groups is 1. The summed E-state index contributed by atoms with van der Waals surface area (Å²) >= 11 is 0. The molecule has 150 valence electrons. The second-order valence-electron chi connectivity index (χ2n) is 7.87. The number of aryl methyl sites for hydroxylation is 1. The maximum atomic E-state index is 14.1. The molecule has 2 aromatic heterocycles. The van der Waals surface area contributed by atoms with Crippen molar-refractivity contribution < 1.29 is 9.18 Å². The standard InChI is InChI=1S/C21H23FN6O/c1-14-3-2-4-17(22)16(14)13-20(29)27-11-9-26(10-12-27)19-8-7-18-23-24-21(15-5-6-15)28(18)25-19/h2-4,7-8,15H,5-6,9-13H2,1H3. The molecule has 1 aliphatic heterocycles. The van der Waals surface area contributed by atoms with Gasteiger partial charge in [-0.1, -0.05) is 12.1 Å². The lowest BCUT2D eigenvalue weighted by atomic mass is 10.0. The van der Waals surface area contributed by atoms with Crippen LogP contribution < -0.4 is 4.90 Å². The van der Waals surface area contributed by atoms with E-state index in [1.54, 1.807) is 6.07 Å². The van der Waals surface area contributed by atoms with Crippen LogP contribution in [0.25, 0.3) is 5.65 Å². The molecule has 29 heavy (non-hydrogen) atoms. The largest absolute Gasteiger partial charge is 0.352 e. The first kappa shape index (κ1) is 18.0. The lowest BCUT2D eigenvalue weighted by molar-refractivity contribution is -0.130. The van der Waals surface area contributed by atoms with Gasteiger partial charge in [0, 0.05) is 37.7 Å². The molecule has 2 fully saturated rings. The number of hydrogen-bond acceptors (Lipinski definition) is 5. The minimum Gasteiger partial charge on any atom is -0.352 e. The molecule has 3 aromatic rings. The summed E-state index contributed by atoms with van der Waals surface area (Å²) < 4.78 is 15.9.